The van der Waals surface area contributed by atoms with Crippen molar-refractivity contribution < 1.29 is 14.3 Å². The van der Waals surface area contributed by atoms with Crippen LogP contribution in [0.2, 0.25) is 5.02 Å². The van der Waals surface area contributed by atoms with Crippen LogP contribution < -0.4 is 16.0 Å². The van der Waals surface area contributed by atoms with E-state index in [0.29, 0.717) is 33.4 Å². The van der Waals surface area contributed by atoms with Crippen LogP contribution in [0, 0.1) is 0 Å². The van der Waals surface area contributed by atoms with Gasteiger partial charge in [0.25, 0.3) is 5.91 Å². The summed E-state index contributed by atoms with van der Waals surface area (Å²) in [5.41, 5.74) is 3.18. The topological polar surface area (TPSA) is 105 Å². The minimum Gasteiger partial charge on any atom is -0.375 e. The number of carbonyl (C=O) groups excluding carboxylic acids is 2. The Kier molecular flexibility index (Phi) is 7.54. The Morgan fingerprint density at radius 2 is 1.80 bits per heavy atom. The van der Waals surface area contributed by atoms with Crippen molar-refractivity contribution in [2.75, 3.05) is 31.4 Å². The van der Waals surface area contributed by atoms with Crippen LogP contribution in [-0.4, -0.2) is 42.5 Å². The number of hydrogen-bond donors (Lipinski definition) is 3. The van der Waals surface area contributed by atoms with E-state index in [0.717, 1.165) is 16.5 Å². The van der Waals surface area contributed by atoms with E-state index < -0.39 is 0 Å². The van der Waals surface area contributed by atoms with Gasteiger partial charge in [-0.15, -0.1) is 0 Å². The SMILES string of the molecule is CNc1nc(-c2ccccc2)nc2cc(NC(=O)c3cc(CNC(=O)COC)ccc3Cl)ccc12. The van der Waals surface area contributed by atoms with E-state index in [-0.39, 0.29) is 25.0 Å². The van der Waals surface area contributed by atoms with Gasteiger partial charge in [0.15, 0.2) is 5.82 Å². The number of amides is 2. The van der Waals surface area contributed by atoms with Gasteiger partial charge in [0, 0.05) is 37.3 Å². The molecule has 35 heavy (non-hydrogen) atoms. The highest BCUT2D eigenvalue weighted by Gasteiger charge is 2.14. The van der Waals surface area contributed by atoms with Gasteiger partial charge >= 0.3 is 0 Å². The number of hydrogen-bond acceptors (Lipinski definition) is 6. The van der Waals surface area contributed by atoms with Crippen LogP contribution in [0.3, 0.4) is 0 Å². The minimum absolute atomic E-state index is 0.0340. The number of benzene rings is 3. The first-order valence-electron chi connectivity index (χ1n) is 10.9. The van der Waals surface area contributed by atoms with Gasteiger partial charge in [-0.25, -0.2) is 9.97 Å². The molecule has 0 radical (unpaired) electrons. The van der Waals surface area contributed by atoms with Gasteiger partial charge in [-0.3, -0.25) is 9.59 Å². The summed E-state index contributed by atoms with van der Waals surface area (Å²) >= 11 is 6.30. The molecule has 0 atom stereocenters. The molecule has 4 aromatic rings. The van der Waals surface area contributed by atoms with Crippen LogP contribution in [-0.2, 0) is 16.1 Å². The van der Waals surface area contributed by atoms with Crippen LogP contribution in [0.4, 0.5) is 11.5 Å². The molecule has 0 saturated heterocycles. The van der Waals surface area contributed by atoms with Gasteiger partial charge in [-0.2, -0.15) is 0 Å². The first-order valence-corrected chi connectivity index (χ1v) is 11.3. The van der Waals surface area contributed by atoms with Crippen LogP contribution in [0.15, 0.2) is 66.7 Å². The molecule has 0 fully saturated rings. The standard InChI is InChI=1S/C26H24ClN5O3/c1-28-25-19-10-9-18(13-22(19)31-24(32-25)17-6-4-3-5-7-17)30-26(34)20-12-16(8-11-21(20)27)14-29-23(33)15-35-2/h3-13H,14-15H2,1-2H3,(H,29,33)(H,30,34)(H,28,31,32). The lowest BCUT2D eigenvalue weighted by atomic mass is 10.1. The molecule has 178 valence electrons. The van der Waals surface area contributed by atoms with Crippen LogP contribution >= 0.6 is 11.6 Å². The number of nitrogens with one attached hydrogen (secondary N) is 3. The molecule has 2 amide bonds. The molecule has 0 aliphatic rings. The summed E-state index contributed by atoms with van der Waals surface area (Å²) in [6.45, 7) is 0.218. The number of methoxy groups -OCH3 is 1. The first kappa shape index (κ1) is 24.1. The monoisotopic (exact) mass is 489 g/mol. The molecule has 0 bridgehead atoms. The lowest BCUT2D eigenvalue weighted by molar-refractivity contribution is -0.124. The average molecular weight is 490 g/mol. The number of halogens is 1. The maximum absolute atomic E-state index is 13.0. The first-order chi connectivity index (χ1) is 17.0. The van der Waals surface area contributed by atoms with E-state index in [1.54, 1.807) is 37.4 Å². The highest BCUT2D eigenvalue weighted by atomic mass is 35.5. The van der Waals surface area contributed by atoms with Crippen molar-refractivity contribution in [3.05, 3.63) is 82.9 Å². The second-order valence-corrected chi connectivity index (χ2v) is 8.13. The summed E-state index contributed by atoms with van der Waals surface area (Å²) in [6, 6.07) is 20.2. The fraction of sp³-hybridized carbons (Fsp3) is 0.154. The molecule has 9 heteroatoms. The predicted molar refractivity (Wildman–Crippen MR) is 138 cm³/mol. The fourth-order valence-electron chi connectivity index (χ4n) is 3.55. The van der Waals surface area contributed by atoms with Gasteiger partial charge in [-0.05, 0) is 35.9 Å². The van der Waals surface area contributed by atoms with Crippen molar-refractivity contribution >= 4 is 45.8 Å². The molecular formula is C26H24ClN5O3. The highest BCUT2D eigenvalue weighted by Crippen LogP contribution is 2.27. The zero-order chi connectivity index (χ0) is 24.8. The fourth-order valence-corrected chi connectivity index (χ4v) is 3.76. The Bertz CT molecular complexity index is 1380. The number of carbonyl (C=O) groups is 2. The van der Waals surface area contributed by atoms with Gasteiger partial charge in [0.2, 0.25) is 5.91 Å². The number of nitrogens with zero attached hydrogens (tertiary/aromatic N) is 2. The minimum atomic E-state index is -0.370. The normalized spacial score (nSPS) is 10.7. The Balaban J connectivity index is 1.59. The summed E-state index contributed by atoms with van der Waals surface area (Å²) in [4.78, 5) is 34.0. The molecule has 0 aliphatic carbocycles. The number of fused-ring (bicyclic) bond motifs is 1. The molecule has 4 rings (SSSR count). The Morgan fingerprint density at radius 3 is 2.54 bits per heavy atom. The average Bonchev–Trinajstić information content (AvgIpc) is 2.88. The second kappa shape index (κ2) is 10.9. The van der Waals surface area contributed by atoms with Crippen LogP contribution in [0.25, 0.3) is 22.3 Å². The van der Waals surface area contributed by atoms with Gasteiger partial charge in [-0.1, -0.05) is 48.0 Å². The highest BCUT2D eigenvalue weighted by molar-refractivity contribution is 6.34. The van der Waals surface area contributed by atoms with E-state index in [4.69, 9.17) is 21.3 Å². The van der Waals surface area contributed by atoms with E-state index in [9.17, 15) is 9.59 Å². The summed E-state index contributed by atoms with van der Waals surface area (Å²) in [5.74, 6) is 0.656. The van der Waals surface area contributed by atoms with E-state index in [1.165, 1.54) is 7.11 Å². The van der Waals surface area contributed by atoms with E-state index in [2.05, 4.69) is 20.9 Å². The molecule has 8 nitrogen and oxygen atoms in total. The van der Waals surface area contributed by atoms with E-state index >= 15 is 0 Å². The largest absolute Gasteiger partial charge is 0.375 e. The molecular weight excluding hydrogens is 466 g/mol. The Labute approximate surface area is 207 Å². The zero-order valence-electron chi connectivity index (χ0n) is 19.3. The summed E-state index contributed by atoms with van der Waals surface area (Å²) < 4.78 is 4.81. The van der Waals surface area contributed by atoms with Gasteiger partial charge in [0.05, 0.1) is 16.1 Å². The molecule has 1 aromatic heterocycles. The lowest BCUT2D eigenvalue weighted by Gasteiger charge is -2.12. The van der Waals surface area contributed by atoms with Crippen molar-refractivity contribution in [3.8, 4) is 11.4 Å². The number of anilines is 2. The number of ether oxygens (including phenoxy) is 1. The van der Waals surface area contributed by atoms with Crippen molar-refractivity contribution in [1.29, 1.82) is 0 Å². The lowest BCUT2D eigenvalue weighted by Crippen LogP contribution is -2.26. The smallest absolute Gasteiger partial charge is 0.257 e. The van der Waals surface area contributed by atoms with Crippen LogP contribution in [0.1, 0.15) is 15.9 Å². The molecule has 3 N–H and O–H groups in total. The third-order valence-electron chi connectivity index (χ3n) is 5.26. The number of rotatable bonds is 8. The molecule has 0 unspecified atom stereocenters. The van der Waals surface area contributed by atoms with Crippen molar-refractivity contribution in [3.63, 3.8) is 0 Å². The molecule has 0 spiro atoms. The third-order valence-corrected chi connectivity index (χ3v) is 5.59. The summed E-state index contributed by atoms with van der Waals surface area (Å²) in [6.07, 6.45) is 0. The van der Waals surface area contributed by atoms with Crippen LogP contribution in [0.5, 0.6) is 0 Å². The van der Waals surface area contributed by atoms with Crippen molar-refractivity contribution in [2.24, 2.45) is 0 Å². The van der Waals surface area contributed by atoms with Gasteiger partial charge < -0.3 is 20.7 Å². The molecule has 0 aliphatic heterocycles. The maximum atomic E-state index is 13.0. The third kappa shape index (κ3) is 5.74. The quantitative estimate of drug-likeness (QED) is 0.336. The molecule has 1 heterocycles. The van der Waals surface area contributed by atoms with Gasteiger partial charge in [0.1, 0.15) is 12.4 Å². The number of aromatic nitrogens is 2. The molecule has 3 aromatic carbocycles. The van der Waals surface area contributed by atoms with E-state index in [1.807, 2.05) is 36.4 Å². The van der Waals surface area contributed by atoms with Crippen molar-refractivity contribution in [1.82, 2.24) is 15.3 Å². The van der Waals surface area contributed by atoms with Crippen molar-refractivity contribution in [2.45, 2.75) is 6.54 Å². The Morgan fingerprint density at radius 1 is 1.00 bits per heavy atom. The Hall–Kier alpha value is -4.01. The predicted octanol–water partition coefficient (Wildman–Crippen LogP) is 4.51. The summed E-state index contributed by atoms with van der Waals surface area (Å²) in [7, 11) is 3.25. The second-order valence-electron chi connectivity index (χ2n) is 7.72. The molecule has 0 saturated carbocycles. The zero-order valence-corrected chi connectivity index (χ0v) is 20.0. The summed E-state index contributed by atoms with van der Waals surface area (Å²) in [5, 5.41) is 9.87. The maximum Gasteiger partial charge on any atom is 0.257 e.